The van der Waals surface area contributed by atoms with Crippen LogP contribution in [0, 0.1) is 20.8 Å². The lowest BCUT2D eigenvalue weighted by Crippen LogP contribution is -2.19. The molecule has 3 rings (SSSR count). The van der Waals surface area contributed by atoms with E-state index in [0.717, 1.165) is 28.1 Å². The Morgan fingerprint density at radius 2 is 1.83 bits per heavy atom. The first-order valence-corrected chi connectivity index (χ1v) is 12.1. The predicted octanol–water partition coefficient (Wildman–Crippen LogP) is 4.96. The molecule has 1 aromatic heterocycles. The number of aryl methyl sites for hydroxylation is 3. The molecule has 0 bridgehead atoms. The van der Waals surface area contributed by atoms with Gasteiger partial charge in [-0.1, -0.05) is 47.7 Å². The van der Waals surface area contributed by atoms with Gasteiger partial charge in [0.1, 0.15) is 6.61 Å². The molecule has 0 saturated heterocycles. The molecular weight excluding hydrogens is 460 g/mol. The highest BCUT2D eigenvalue weighted by Gasteiger charge is 2.13. The van der Waals surface area contributed by atoms with Gasteiger partial charge in [0, 0.05) is 17.0 Å². The van der Waals surface area contributed by atoms with Crippen LogP contribution in [-0.4, -0.2) is 35.0 Å². The molecule has 2 aromatic carbocycles. The number of nitrogens with zero attached hydrogens (tertiary/aromatic N) is 3. The number of amides is 1. The summed E-state index contributed by atoms with van der Waals surface area (Å²) in [5.74, 6) is 1.17. The Labute approximate surface area is 210 Å². The summed E-state index contributed by atoms with van der Waals surface area (Å²) in [5, 5.41) is 4.67. The lowest BCUT2D eigenvalue weighted by molar-refractivity contribution is -0.118. The number of aromatic nitrogens is 2. The maximum atomic E-state index is 12.2. The minimum atomic E-state index is -0.245. The van der Waals surface area contributed by atoms with Gasteiger partial charge in [-0.05, 0) is 56.5 Å². The van der Waals surface area contributed by atoms with Gasteiger partial charge in [-0.25, -0.2) is 15.4 Å². The first kappa shape index (κ1) is 26.0. The summed E-state index contributed by atoms with van der Waals surface area (Å²) in [6.45, 7) is 10.1. The van der Waals surface area contributed by atoms with E-state index in [0.29, 0.717) is 29.7 Å². The Balaban J connectivity index is 1.65. The van der Waals surface area contributed by atoms with E-state index in [1.807, 2.05) is 50.3 Å². The van der Waals surface area contributed by atoms with Crippen molar-refractivity contribution in [2.75, 3.05) is 12.9 Å². The van der Waals surface area contributed by atoms with Crippen molar-refractivity contribution in [2.24, 2.45) is 5.10 Å². The summed E-state index contributed by atoms with van der Waals surface area (Å²) in [4.78, 5) is 20.9. The third-order valence-electron chi connectivity index (χ3n) is 4.94. The van der Waals surface area contributed by atoms with Gasteiger partial charge in [0.2, 0.25) is 0 Å². The summed E-state index contributed by atoms with van der Waals surface area (Å²) in [6.07, 6.45) is 3.98. The molecule has 1 amide bonds. The average Bonchev–Trinajstić information content (AvgIpc) is 2.82. The Bertz CT molecular complexity index is 1190. The number of hydrogen-bond acceptors (Lipinski definition) is 7. The van der Waals surface area contributed by atoms with Crippen LogP contribution in [0.25, 0.3) is 0 Å². The van der Waals surface area contributed by atoms with Crippen LogP contribution in [0.4, 0.5) is 0 Å². The number of hydrazone groups is 1. The van der Waals surface area contributed by atoms with Crippen molar-refractivity contribution >= 4 is 23.9 Å². The largest absolute Gasteiger partial charge is 0.493 e. The minimum Gasteiger partial charge on any atom is -0.493 e. The van der Waals surface area contributed by atoms with Crippen molar-refractivity contribution in [3.8, 4) is 11.5 Å². The van der Waals surface area contributed by atoms with Gasteiger partial charge >= 0.3 is 0 Å². The van der Waals surface area contributed by atoms with E-state index in [1.54, 1.807) is 13.3 Å². The van der Waals surface area contributed by atoms with E-state index in [4.69, 9.17) is 9.47 Å². The molecule has 182 valence electrons. The minimum absolute atomic E-state index is 0.164. The van der Waals surface area contributed by atoms with E-state index < -0.39 is 0 Å². The number of thioether (sulfide) groups is 1. The first-order valence-electron chi connectivity index (χ1n) is 11.1. The number of nitrogens with one attached hydrogen (secondary N) is 1. The monoisotopic (exact) mass is 490 g/mol. The Kier molecular flexibility index (Phi) is 9.43. The fraction of sp³-hybridized carbons (Fsp3) is 0.259. The zero-order valence-corrected chi connectivity index (χ0v) is 21.3. The molecule has 1 heterocycles. The van der Waals surface area contributed by atoms with Crippen LogP contribution in [0.2, 0.25) is 0 Å². The van der Waals surface area contributed by atoms with E-state index in [1.165, 1.54) is 17.3 Å². The number of benzene rings is 2. The molecule has 8 heteroatoms. The van der Waals surface area contributed by atoms with Crippen LogP contribution < -0.4 is 14.9 Å². The highest BCUT2D eigenvalue weighted by molar-refractivity contribution is 7.99. The van der Waals surface area contributed by atoms with Crippen molar-refractivity contribution in [3.63, 3.8) is 0 Å². The number of hydrogen-bond donors (Lipinski definition) is 1. The quantitative estimate of drug-likeness (QED) is 0.134. The second kappa shape index (κ2) is 12.7. The van der Waals surface area contributed by atoms with E-state index in [9.17, 15) is 4.79 Å². The molecule has 7 nitrogen and oxygen atoms in total. The molecule has 0 aliphatic heterocycles. The van der Waals surface area contributed by atoms with Crippen molar-refractivity contribution in [1.29, 1.82) is 0 Å². The zero-order chi connectivity index (χ0) is 25.2. The summed E-state index contributed by atoms with van der Waals surface area (Å²) in [5.41, 5.74) is 8.24. The number of carbonyl (C=O) groups excluding carboxylic acids is 1. The highest BCUT2D eigenvalue weighted by Crippen LogP contribution is 2.34. The van der Waals surface area contributed by atoms with Crippen LogP contribution in [0.15, 0.2) is 65.4 Å². The Hall–Kier alpha value is -3.65. The molecule has 3 aromatic rings. The SMILES string of the molecule is C=CCc1cc(/C=N\NC(=O)CSc2nc(C)cc(C)n2)cc(OC)c1OCc1ccc(C)cc1. The topological polar surface area (TPSA) is 85.7 Å². The van der Waals surface area contributed by atoms with Crippen molar-refractivity contribution in [3.05, 3.63) is 88.8 Å². The molecule has 35 heavy (non-hydrogen) atoms. The van der Waals surface area contributed by atoms with E-state index >= 15 is 0 Å². The summed E-state index contributed by atoms with van der Waals surface area (Å²) >= 11 is 1.27. The maximum absolute atomic E-state index is 12.2. The molecule has 0 aliphatic rings. The fourth-order valence-electron chi connectivity index (χ4n) is 3.32. The van der Waals surface area contributed by atoms with Crippen LogP contribution in [-0.2, 0) is 17.8 Å². The van der Waals surface area contributed by atoms with Gasteiger partial charge in [-0.2, -0.15) is 5.10 Å². The molecule has 0 atom stereocenters. The number of carbonyl (C=O) groups is 1. The van der Waals surface area contributed by atoms with Gasteiger partial charge < -0.3 is 9.47 Å². The maximum Gasteiger partial charge on any atom is 0.250 e. The van der Waals surface area contributed by atoms with Crippen LogP contribution >= 0.6 is 11.8 Å². The molecule has 0 fully saturated rings. The standard InChI is InChI=1S/C27H30N4O3S/c1-6-7-23-13-22(14-24(33-5)26(23)34-16-21-10-8-18(2)9-11-21)15-28-31-25(32)17-35-27-29-19(3)12-20(4)30-27/h6,8-15H,1,7,16-17H2,2-5H3,(H,31,32)/b28-15-. The third kappa shape index (κ3) is 7.96. The normalized spacial score (nSPS) is 10.9. The second-order valence-electron chi connectivity index (χ2n) is 7.99. The number of ether oxygens (including phenoxy) is 2. The molecular formula is C27H30N4O3S. The molecule has 0 aliphatic carbocycles. The summed E-state index contributed by atoms with van der Waals surface area (Å²) in [6, 6.07) is 13.9. The Morgan fingerprint density at radius 1 is 1.11 bits per heavy atom. The number of methoxy groups -OCH3 is 1. The van der Waals surface area contributed by atoms with Gasteiger partial charge in [0.25, 0.3) is 5.91 Å². The van der Waals surface area contributed by atoms with Gasteiger partial charge in [-0.3, -0.25) is 4.79 Å². The fourth-order valence-corrected chi connectivity index (χ4v) is 4.06. The average molecular weight is 491 g/mol. The van der Waals surface area contributed by atoms with Gasteiger partial charge in [-0.15, -0.1) is 6.58 Å². The Morgan fingerprint density at radius 3 is 2.49 bits per heavy atom. The van der Waals surface area contributed by atoms with E-state index in [2.05, 4.69) is 46.1 Å². The summed E-state index contributed by atoms with van der Waals surface area (Å²) in [7, 11) is 1.60. The molecule has 0 spiro atoms. The molecule has 1 N–H and O–H groups in total. The summed E-state index contributed by atoms with van der Waals surface area (Å²) < 4.78 is 11.7. The van der Waals surface area contributed by atoms with Crippen LogP contribution in [0.5, 0.6) is 11.5 Å². The lowest BCUT2D eigenvalue weighted by Gasteiger charge is -2.16. The van der Waals surface area contributed by atoms with Gasteiger partial charge in [0.15, 0.2) is 16.7 Å². The zero-order valence-electron chi connectivity index (χ0n) is 20.5. The lowest BCUT2D eigenvalue weighted by atomic mass is 10.1. The van der Waals surface area contributed by atoms with Crippen molar-refractivity contribution in [2.45, 2.75) is 39.0 Å². The van der Waals surface area contributed by atoms with Crippen LogP contribution in [0.3, 0.4) is 0 Å². The van der Waals surface area contributed by atoms with E-state index in [-0.39, 0.29) is 11.7 Å². The van der Waals surface area contributed by atoms with Crippen LogP contribution in [0.1, 0.15) is 33.6 Å². The third-order valence-corrected chi connectivity index (χ3v) is 5.79. The number of rotatable bonds is 11. The molecule has 0 saturated carbocycles. The predicted molar refractivity (Wildman–Crippen MR) is 140 cm³/mol. The van der Waals surface area contributed by atoms with Crippen molar-refractivity contribution in [1.82, 2.24) is 15.4 Å². The molecule has 0 radical (unpaired) electrons. The second-order valence-corrected chi connectivity index (χ2v) is 8.94. The molecule has 0 unspecified atom stereocenters. The van der Waals surface area contributed by atoms with Gasteiger partial charge in [0.05, 0.1) is 19.1 Å². The first-order chi connectivity index (χ1) is 16.9. The van der Waals surface area contributed by atoms with Crippen molar-refractivity contribution < 1.29 is 14.3 Å². The smallest absolute Gasteiger partial charge is 0.250 e. The number of allylic oxidation sites excluding steroid dienone is 1. The highest BCUT2D eigenvalue weighted by atomic mass is 32.2.